The zero-order chi connectivity index (χ0) is 15.2. The predicted molar refractivity (Wildman–Crippen MR) is 82.5 cm³/mol. The van der Waals surface area contributed by atoms with Gasteiger partial charge in [0.15, 0.2) is 0 Å². The molecule has 0 bridgehead atoms. The molecule has 21 heavy (non-hydrogen) atoms. The molecule has 1 aliphatic rings. The van der Waals surface area contributed by atoms with Crippen LogP contribution in [0.15, 0.2) is 18.2 Å². The van der Waals surface area contributed by atoms with E-state index in [1.54, 1.807) is 6.07 Å². The first-order valence-corrected chi connectivity index (χ1v) is 7.66. The Labute approximate surface area is 125 Å². The minimum atomic E-state index is -0.378. The second kappa shape index (κ2) is 7.41. The summed E-state index contributed by atoms with van der Waals surface area (Å²) >= 11 is 0. The predicted octanol–water partition coefficient (Wildman–Crippen LogP) is 3.66. The summed E-state index contributed by atoms with van der Waals surface area (Å²) in [6.45, 7) is 2.85. The van der Waals surface area contributed by atoms with Crippen molar-refractivity contribution < 1.29 is 9.66 Å². The molecule has 0 radical (unpaired) electrons. The molecule has 0 aliphatic heterocycles. The molecule has 1 saturated carbocycles. The summed E-state index contributed by atoms with van der Waals surface area (Å²) < 4.78 is 5.14. The molecule has 0 saturated heterocycles. The topological polar surface area (TPSA) is 64.4 Å². The van der Waals surface area contributed by atoms with Gasteiger partial charge >= 0.3 is 0 Å². The van der Waals surface area contributed by atoms with Gasteiger partial charge in [0, 0.05) is 18.7 Å². The molecule has 0 heterocycles. The zero-order valence-corrected chi connectivity index (χ0v) is 12.8. The number of methoxy groups -OCH3 is 1. The molecule has 0 aromatic heterocycles. The number of nitro benzene ring substituents is 1. The smallest absolute Gasteiger partial charge is 0.273 e. The molecule has 1 aliphatic carbocycles. The Kier molecular flexibility index (Phi) is 5.56. The number of ether oxygens (including phenoxy) is 1. The SMILES string of the molecule is COc1cc(CN[C@@H](C)C2CCCCC2)cc([N+](=O)[O-])c1. The van der Waals surface area contributed by atoms with E-state index in [-0.39, 0.29) is 10.6 Å². The molecule has 1 aromatic rings. The minimum absolute atomic E-state index is 0.0801. The zero-order valence-electron chi connectivity index (χ0n) is 12.8. The molecular weight excluding hydrogens is 268 g/mol. The van der Waals surface area contributed by atoms with E-state index in [2.05, 4.69) is 12.2 Å². The molecule has 5 heteroatoms. The Balaban J connectivity index is 1.98. The summed E-state index contributed by atoms with van der Waals surface area (Å²) in [5, 5.41) is 14.4. The molecule has 0 spiro atoms. The number of nitrogens with zero attached hydrogens (tertiary/aromatic N) is 1. The maximum Gasteiger partial charge on any atom is 0.273 e. The fourth-order valence-corrected chi connectivity index (χ4v) is 3.05. The van der Waals surface area contributed by atoms with E-state index in [4.69, 9.17) is 4.74 Å². The fraction of sp³-hybridized carbons (Fsp3) is 0.625. The van der Waals surface area contributed by atoms with E-state index in [9.17, 15) is 10.1 Å². The Bertz CT molecular complexity index is 484. The first kappa shape index (κ1) is 15.8. The van der Waals surface area contributed by atoms with Crippen molar-refractivity contribution in [3.8, 4) is 5.75 Å². The van der Waals surface area contributed by atoms with Gasteiger partial charge in [0.25, 0.3) is 5.69 Å². The normalized spacial score (nSPS) is 17.4. The molecule has 1 atom stereocenters. The van der Waals surface area contributed by atoms with Crippen molar-refractivity contribution in [3.63, 3.8) is 0 Å². The highest BCUT2D eigenvalue weighted by molar-refractivity contribution is 5.42. The van der Waals surface area contributed by atoms with Gasteiger partial charge in [-0.3, -0.25) is 10.1 Å². The maximum atomic E-state index is 10.9. The van der Waals surface area contributed by atoms with E-state index in [0.29, 0.717) is 18.3 Å². The molecule has 1 fully saturated rings. The Morgan fingerprint density at radius 3 is 2.67 bits per heavy atom. The summed E-state index contributed by atoms with van der Waals surface area (Å²) in [7, 11) is 1.53. The molecule has 2 rings (SSSR count). The number of nitrogens with one attached hydrogen (secondary N) is 1. The molecule has 116 valence electrons. The molecular formula is C16H24N2O3. The largest absolute Gasteiger partial charge is 0.496 e. The maximum absolute atomic E-state index is 10.9. The van der Waals surface area contributed by atoms with E-state index in [1.165, 1.54) is 45.3 Å². The van der Waals surface area contributed by atoms with Crippen molar-refractivity contribution in [1.29, 1.82) is 0 Å². The van der Waals surface area contributed by atoms with E-state index in [0.717, 1.165) is 11.5 Å². The van der Waals surface area contributed by atoms with E-state index in [1.807, 2.05) is 6.07 Å². The van der Waals surface area contributed by atoms with Crippen molar-refractivity contribution in [1.82, 2.24) is 5.32 Å². The standard InChI is InChI=1S/C16H24N2O3/c1-12(14-6-4-3-5-7-14)17-11-13-8-15(18(19)20)10-16(9-13)21-2/h8-10,12,14,17H,3-7,11H2,1-2H3/t12-/m0/s1. The molecule has 1 aromatic carbocycles. The van der Waals surface area contributed by atoms with Crippen molar-refractivity contribution in [2.45, 2.75) is 51.6 Å². The van der Waals surface area contributed by atoms with Crippen LogP contribution >= 0.6 is 0 Å². The third-order valence-electron chi connectivity index (χ3n) is 4.38. The number of rotatable bonds is 6. The van der Waals surface area contributed by atoms with Crippen molar-refractivity contribution in [2.75, 3.05) is 7.11 Å². The first-order valence-electron chi connectivity index (χ1n) is 7.66. The lowest BCUT2D eigenvalue weighted by molar-refractivity contribution is -0.385. The molecule has 0 unspecified atom stereocenters. The van der Waals surface area contributed by atoms with Crippen LogP contribution in [0.2, 0.25) is 0 Å². The van der Waals surface area contributed by atoms with Gasteiger partial charge in [-0.2, -0.15) is 0 Å². The van der Waals surface area contributed by atoms with Gasteiger partial charge in [0.2, 0.25) is 0 Å². The second-order valence-corrected chi connectivity index (χ2v) is 5.86. The van der Waals surface area contributed by atoms with Crippen LogP contribution in [-0.2, 0) is 6.54 Å². The van der Waals surface area contributed by atoms with Crippen LogP contribution in [0.4, 0.5) is 5.69 Å². The third kappa shape index (κ3) is 4.43. The van der Waals surface area contributed by atoms with Crippen LogP contribution in [0.1, 0.15) is 44.6 Å². The molecule has 1 N–H and O–H groups in total. The summed E-state index contributed by atoms with van der Waals surface area (Å²) in [4.78, 5) is 10.6. The number of nitro groups is 1. The van der Waals surface area contributed by atoms with Gasteiger partial charge in [0.05, 0.1) is 18.1 Å². The Hall–Kier alpha value is -1.62. The monoisotopic (exact) mass is 292 g/mol. The quantitative estimate of drug-likeness (QED) is 0.642. The number of hydrogen-bond donors (Lipinski definition) is 1. The van der Waals surface area contributed by atoms with Crippen LogP contribution < -0.4 is 10.1 Å². The number of benzene rings is 1. The van der Waals surface area contributed by atoms with Gasteiger partial charge in [-0.1, -0.05) is 19.3 Å². The lowest BCUT2D eigenvalue weighted by atomic mass is 9.84. The highest BCUT2D eigenvalue weighted by Gasteiger charge is 2.19. The van der Waals surface area contributed by atoms with E-state index < -0.39 is 0 Å². The number of hydrogen-bond acceptors (Lipinski definition) is 4. The van der Waals surface area contributed by atoms with Crippen LogP contribution in [-0.4, -0.2) is 18.1 Å². The lowest BCUT2D eigenvalue weighted by Gasteiger charge is -2.28. The van der Waals surface area contributed by atoms with Gasteiger partial charge < -0.3 is 10.1 Å². The van der Waals surface area contributed by atoms with Crippen molar-refractivity contribution >= 4 is 5.69 Å². The van der Waals surface area contributed by atoms with Crippen LogP contribution in [0, 0.1) is 16.0 Å². The Morgan fingerprint density at radius 1 is 1.33 bits per heavy atom. The van der Waals surface area contributed by atoms with Gasteiger partial charge in [-0.05, 0) is 37.3 Å². The lowest BCUT2D eigenvalue weighted by Crippen LogP contribution is -2.34. The molecule has 5 nitrogen and oxygen atoms in total. The van der Waals surface area contributed by atoms with E-state index >= 15 is 0 Å². The van der Waals surface area contributed by atoms with Gasteiger partial charge in [-0.25, -0.2) is 0 Å². The molecule has 0 amide bonds. The Morgan fingerprint density at radius 2 is 2.05 bits per heavy atom. The summed E-state index contributed by atoms with van der Waals surface area (Å²) in [5.74, 6) is 1.26. The summed E-state index contributed by atoms with van der Waals surface area (Å²) in [6.07, 6.45) is 6.56. The van der Waals surface area contributed by atoms with Crippen LogP contribution in [0.3, 0.4) is 0 Å². The fourth-order valence-electron chi connectivity index (χ4n) is 3.05. The van der Waals surface area contributed by atoms with Crippen LogP contribution in [0.5, 0.6) is 5.75 Å². The summed E-state index contributed by atoms with van der Waals surface area (Å²) in [5.41, 5.74) is 0.972. The first-order chi connectivity index (χ1) is 10.1. The average molecular weight is 292 g/mol. The van der Waals surface area contributed by atoms with Crippen molar-refractivity contribution in [3.05, 3.63) is 33.9 Å². The highest BCUT2D eigenvalue weighted by Crippen LogP contribution is 2.27. The van der Waals surface area contributed by atoms with Gasteiger partial charge in [0.1, 0.15) is 5.75 Å². The average Bonchev–Trinajstić information content (AvgIpc) is 2.53. The van der Waals surface area contributed by atoms with Gasteiger partial charge in [-0.15, -0.1) is 0 Å². The highest BCUT2D eigenvalue weighted by atomic mass is 16.6. The second-order valence-electron chi connectivity index (χ2n) is 5.86. The van der Waals surface area contributed by atoms with Crippen LogP contribution in [0.25, 0.3) is 0 Å². The van der Waals surface area contributed by atoms with Crippen molar-refractivity contribution in [2.24, 2.45) is 5.92 Å². The minimum Gasteiger partial charge on any atom is -0.496 e. The third-order valence-corrected chi connectivity index (χ3v) is 4.38. The summed E-state index contributed by atoms with van der Waals surface area (Å²) in [6, 6.07) is 5.36. The number of non-ortho nitro benzene ring substituents is 1.